The van der Waals surface area contributed by atoms with E-state index in [1.165, 1.54) is 16.7 Å². The van der Waals surface area contributed by atoms with Gasteiger partial charge in [-0.15, -0.1) is 0 Å². The first-order chi connectivity index (χ1) is 11.1. The number of benzene rings is 2. The maximum atomic E-state index is 11.8. The molecule has 0 bridgehead atoms. The van der Waals surface area contributed by atoms with Crippen LogP contribution in [0.3, 0.4) is 0 Å². The molecule has 0 aliphatic heterocycles. The Morgan fingerprint density at radius 3 is 2.26 bits per heavy atom. The van der Waals surface area contributed by atoms with E-state index in [4.69, 9.17) is 0 Å². The average molecular weight is 300 g/mol. The minimum atomic E-state index is -0.0690. The van der Waals surface area contributed by atoms with Crippen molar-refractivity contribution in [2.24, 2.45) is 0 Å². The van der Waals surface area contributed by atoms with Crippen LogP contribution in [0.5, 0.6) is 0 Å². The molecule has 0 aliphatic carbocycles. The summed E-state index contributed by atoms with van der Waals surface area (Å²) in [4.78, 5) is 11.8. The quantitative estimate of drug-likeness (QED) is 0.753. The number of hydrogen-bond donors (Lipinski definition) is 0. The van der Waals surface area contributed by atoms with E-state index in [0.29, 0.717) is 12.8 Å². The van der Waals surface area contributed by atoms with Gasteiger partial charge in [0, 0.05) is 24.0 Å². The summed E-state index contributed by atoms with van der Waals surface area (Å²) in [5.74, 6) is 11.8. The van der Waals surface area contributed by atoms with Crippen molar-refractivity contribution in [1.82, 2.24) is 0 Å². The maximum absolute atomic E-state index is 11.8. The predicted molar refractivity (Wildman–Crippen MR) is 95.1 cm³/mol. The summed E-state index contributed by atoms with van der Waals surface area (Å²) in [6.07, 6.45) is 0.909. The molecule has 2 aromatic rings. The van der Waals surface area contributed by atoms with Crippen LogP contribution in [0.25, 0.3) is 0 Å². The first kappa shape index (κ1) is 16.6. The van der Waals surface area contributed by atoms with Crippen molar-refractivity contribution in [1.29, 1.82) is 0 Å². The van der Waals surface area contributed by atoms with Crippen LogP contribution in [0, 0.1) is 44.5 Å². The Hall–Kier alpha value is -2.77. The second-order valence-corrected chi connectivity index (χ2v) is 5.61. The van der Waals surface area contributed by atoms with Gasteiger partial charge in [0.05, 0.1) is 0 Å². The Balaban J connectivity index is 1.94. The van der Waals surface area contributed by atoms with Crippen LogP contribution in [0.15, 0.2) is 42.5 Å². The van der Waals surface area contributed by atoms with E-state index >= 15 is 0 Å². The smallest absolute Gasteiger partial charge is 0.206 e. The predicted octanol–water partition coefficient (Wildman–Crippen LogP) is 4.36. The summed E-state index contributed by atoms with van der Waals surface area (Å²) in [6.45, 7) is 6.22. The summed E-state index contributed by atoms with van der Waals surface area (Å²) in [5.41, 5.74) is 5.54. The first-order valence-corrected chi connectivity index (χ1v) is 7.73. The lowest BCUT2D eigenvalue weighted by atomic mass is 10.00. The van der Waals surface area contributed by atoms with Gasteiger partial charge in [0.2, 0.25) is 5.78 Å². The van der Waals surface area contributed by atoms with E-state index < -0.39 is 0 Å². The van der Waals surface area contributed by atoms with Crippen LogP contribution in [0.1, 0.15) is 40.7 Å². The summed E-state index contributed by atoms with van der Waals surface area (Å²) in [5, 5.41) is 0. The summed E-state index contributed by atoms with van der Waals surface area (Å²) in [6, 6.07) is 13.8. The third kappa shape index (κ3) is 5.17. The van der Waals surface area contributed by atoms with Crippen LogP contribution in [0.2, 0.25) is 0 Å². The Morgan fingerprint density at radius 2 is 1.61 bits per heavy atom. The molecule has 114 valence electrons. The lowest BCUT2D eigenvalue weighted by Gasteiger charge is -2.04. The largest absolute Gasteiger partial charge is 0.285 e. The third-order valence-corrected chi connectivity index (χ3v) is 3.49. The molecule has 0 aliphatic rings. The lowest BCUT2D eigenvalue weighted by molar-refractivity contribution is -0.113. The molecule has 0 saturated heterocycles. The highest BCUT2D eigenvalue weighted by atomic mass is 16.1. The Labute approximate surface area is 138 Å². The highest BCUT2D eigenvalue weighted by Crippen LogP contribution is 2.15. The zero-order valence-corrected chi connectivity index (χ0v) is 13.9. The van der Waals surface area contributed by atoms with E-state index in [9.17, 15) is 4.79 Å². The van der Waals surface area contributed by atoms with Gasteiger partial charge in [-0.25, -0.2) is 0 Å². The zero-order valence-electron chi connectivity index (χ0n) is 13.9. The Kier molecular flexibility index (Phi) is 5.79. The molecule has 0 N–H and O–H groups in total. The topological polar surface area (TPSA) is 17.1 Å². The highest BCUT2D eigenvalue weighted by Gasteiger charge is 2.00. The molecule has 2 rings (SSSR count). The average Bonchev–Trinajstić information content (AvgIpc) is 2.52. The molecule has 0 radical (unpaired) electrons. The van der Waals surface area contributed by atoms with Crippen LogP contribution in [0.4, 0.5) is 0 Å². The van der Waals surface area contributed by atoms with Gasteiger partial charge in [-0.3, -0.25) is 4.79 Å². The molecular formula is C22H20O. The lowest BCUT2D eigenvalue weighted by Crippen LogP contribution is -1.93. The van der Waals surface area contributed by atoms with Gasteiger partial charge in [-0.2, -0.15) is 0 Å². The molecule has 0 aromatic heterocycles. The number of carbonyl (C=O) groups excluding carboxylic acids is 1. The molecule has 0 atom stereocenters. The molecular weight excluding hydrogens is 280 g/mol. The van der Waals surface area contributed by atoms with Crippen molar-refractivity contribution < 1.29 is 4.79 Å². The minimum Gasteiger partial charge on any atom is -0.285 e. The molecule has 2 aromatic carbocycles. The standard InChI is InChI=1S/C22H20O/c1-17-15-18(2)22(19(3)16-17)12-8-7-11-21(23)14-13-20-9-5-4-6-10-20/h4-6,9-10,15-16H,7,11H2,1-3H3. The molecule has 1 nitrogen and oxygen atoms in total. The molecule has 0 unspecified atom stereocenters. The zero-order chi connectivity index (χ0) is 16.7. The van der Waals surface area contributed by atoms with Crippen molar-refractivity contribution in [3.8, 4) is 23.7 Å². The molecule has 0 fully saturated rings. The van der Waals surface area contributed by atoms with Gasteiger partial charge in [-0.05, 0) is 50.0 Å². The van der Waals surface area contributed by atoms with E-state index in [1.807, 2.05) is 30.3 Å². The Bertz CT molecular complexity index is 798. The SMILES string of the molecule is Cc1cc(C)c(C#CCCC(=O)C#Cc2ccccc2)c(C)c1. The number of aryl methyl sites for hydroxylation is 3. The van der Waals surface area contributed by atoms with E-state index in [0.717, 1.165) is 11.1 Å². The Morgan fingerprint density at radius 1 is 0.957 bits per heavy atom. The number of hydrogen-bond acceptors (Lipinski definition) is 1. The van der Waals surface area contributed by atoms with Crippen molar-refractivity contribution in [3.63, 3.8) is 0 Å². The van der Waals surface area contributed by atoms with Gasteiger partial charge in [-0.1, -0.05) is 53.7 Å². The summed E-state index contributed by atoms with van der Waals surface area (Å²) < 4.78 is 0. The van der Waals surface area contributed by atoms with Gasteiger partial charge >= 0.3 is 0 Å². The molecule has 1 heteroatoms. The van der Waals surface area contributed by atoms with Crippen LogP contribution in [-0.4, -0.2) is 5.78 Å². The van der Waals surface area contributed by atoms with E-state index in [-0.39, 0.29) is 5.78 Å². The van der Waals surface area contributed by atoms with E-state index in [2.05, 4.69) is 56.6 Å². The summed E-state index contributed by atoms with van der Waals surface area (Å²) >= 11 is 0. The van der Waals surface area contributed by atoms with Gasteiger partial charge in [0.15, 0.2) is 0 Å². The number of carbonyl (C=O) groups is 1. The highest BCUT2D eigenvalue weighted by molar-refractivity contribution is 5.96. The van der Waals surface area contributed by atoms with Crippen molar-refractivity contribution in [3.05, 3.63) is 70.3 Å². The molecule has 23 heavy (non-hydrogen) atoms. The normalized spacial score (nSPS) is 9.35. The van der Waals surface area contributed by atoms with Gasteiger partial charge in [0.1, 0.15) is 0 Å². The van der Waals surface area contributed by atoms with Crippen LogP contribution in [-0.2, 0) is 4.79 Å². The first-order valence-electron chi connectivity index (χ1n) is 7.73. The maximum Gasteiger partial charge on any atom is 0.206 e. The summed E-state index contributed by atoms with van der Waals surface area (Å²) in [7, 11) is 0. The van der Waals surface area contributed by atoms with Crippen molar-refractivity contribution in [2.75, 3.05) is 0 Å². The van der Waals surface area contributed by atoms with Crippen molar-refractivity contribution in [2.45, 2.75) is 33.6 Å². The molecule has 0 spiro atoms. The van der Waals surface area contributed by atoms with Crippen molar-refractivity contribution >= 4 is 5.78 Å². The molecule has 0 amide bonds. The molecule has 0 heterocycles. The number of Topliss-reactive ketones (excluding diaryl/α,β-unsaturated/α-hetero) is 1. The third-order valence-electron chi connectivity index (χ3n) is 3.49. The molecule has 0 saturated carbocycles. The second-order valence-electron chi connectivity index (χ2n) is 5.61. The fraction of sp³-hybridized carbons (Fsp3) is 0.227. The monoisotopic (exact) mass is 300 g/mol. The minimum absolute atomic E-state index is 0.0690. The number of rotatable bonds is 2. The van der Waals surface area contributed by atoms with Gasteiger partial charge < -0.3 is 0 Å². The van der Waals surface area contributed by atoms with Gasteiger partial charge in [0.25, 0.3) is 0 Å². The van der Waals surface area contributed by atoms with E-state index in [1.54, 1.807) is 0 Å². The fourth-order valence-electron chi connectivity index (χ4n) is 2.43. The second kappa shape index (κ2) is 8.02. The fourth-order valence-corrected chi connectivity index (χ4v) is 2.43. The number of ketones is 1. The van der Waals surface area contributed by atoms with Crippen LogP contribution >= 0.6 is 0 Å². The van der Waals surface area contributed by atoms with Crippen LogP contribution < -0.4 is 0 Å².